The zero-order chi connectivity index (χ0) is 14.2. The molecule has 0 radical (unpaired) electrons. The van der Waals surface area contributed by atoms with Crippen LogP contribution in [0, 0.1) is 13.8 Å². The Hall–Kier alpha value is -0.780. The van der Waals surface area contributed by atoms with E-state index in [1.54, 1.807) is 0 Å². The average Bonchev–Trinajstić information content (AvgIpc) is 2.41. The topological polar surface area (TPSA) is 0 Å². The normalized spacial score (nSPS) is 8.78. The Morgan fingerprint density at radius 2 is 0.889 bits per heavy atom. The zero-order valence-corrected chi connectivity index (χ0v) is 13.6. The third kappa shape index (κ3) is 15.2. The van der Waals surface area contributed by atoms with E-state index in [9.17, 15) is 0 Å². The van der Waals surface area contributed by atoms with Crippen molar-refractivity contribution in [2.75, 3.05) is 0 Å². The van der Waals surface area contributed by atoms with Crippen LogP contribution in [0.1, 0.15) is 77.3 Å². The minimum Gasteiger partial charge on any atom is -0.0683 e. The van der Waals surface area contributed by atoms with E-state index in [4.69, 9.17) is 0 Å². The van der Waals surface area contributed by atoms with Crippen LogP contribution in [0.25, 0.3) is 0 Å². The van der Waals surface area contributed by atoms with Gasteiger partial charge in [-0.2, -0.15) is 0 Å². The quantitative estimate of drug-likeness (QED) is 0.510. The summed E-state index contributed by atoms with van der Waals surface area (Å²) in [5.74, 6) is 0. The third-order valence-corrected chi connectivity index (χ3v) is 2.68. The lowest BCUT2D eigenvalue weighted by Gasteiger charge is -1.93. The van der Waals surface area contributed by atoms with Gasteiger partial charge in [0.15, 0.2) is 0 Å². The molecule has 0 atom stereocenters. The Labute approximate surface area is 116 Å². The number of benzene rings is 1. The molecule has 0 saturated heterocycles. The van der Waals surface area contributed by atoms with Gasteiger partial charge in [-0.25, -0.2) is 0 Å². The number of hydrogen-bond donors (Lipinski definition) is 0. The van der Waals surface area contributed by atoms with E-state index in [0.29, 0.717) is 0 Å². The summed E-state index contributed by atoms with van der Waals surface area (Å²) in [5.41, 5.74) is 2.66. The van der Waals surface area contributed by atoms with Crippen LogP contribution >= 0.6 is 0 Å². The number of rotatable bonds is 5. The molecule has 0 aliphatic rings. The van der Waals surface area contributed by atoms with Gasteiger partial charge >= 0.3 is 0 Å². The lowest BCUT2D eigenvalue weighted by molar-refractivity contribution is 0.624. The van der Waals surface area contributed by atoms with Gasteiger partial charge < -0.3 is 0 Å². The zero-order valence-electron chi connectivity index (χ0n) is 13.6. The largest absolute Gasteiger partial charge is 0.0683 e. The maximum atomic E-state index is 2.26. The molecule has 106 valence electrons. The van der Waals surface area contributed by atoms with Gasteiger partial charge in [-0.3, -0.25) is 0 Å². The Morgan fingerprint density at radius 1 is 0.611 bits per heavy atom. The molecular weight excluding hydrogens is 216 g/mol. The average molecular weight is 250 g/mol. The van der Waals surface area contributed by atoms with Crippen LogP contribution in [0.15, 0.2) is 24.3 Å². The van der Waals surface area contributed by atoms with Gasteiger partial charge in [0, 0.05) is 0 Å². The molecule has 0 aliphatic heterocycles. The van der Waals surface area contributed by atoms with E-state index in [0.717, 1.165) is 0 Å². The molecule has 0 fully saturated rings. The monoisotopic (exact) mass is 250 g/mol. The van der Waals surface area contributed by atoms with Crippen molar-refractivity contribution < 1.29 is 0 Å². The van der Waals surface area contributed by atoms with Crippen molar-refractivity contribution in [1.29, 1.82) is 0 Å². The highest BCUT2D eigenvalue weighted by Crippen LogP contribution is 2.03. The molecule has 18 heavy (non-hydrogen) atoms. The minimum absolute atomic E-state index is 1.33. The van der Waals surface area contributed by atoms with Crippen LogP contribution < -0.4 is 0 Å². The highest BCUT2D eigenvalue weighted by Gasteiger charge is 1.83. The molecular formula is C18H34. The highest BCUT2D eigenvalue weighted by atomic mass is 13.9. The molecule has 1 rings (SSSR count). The molecule has 1 aromatic carbocycles. The molecule has 0 amide bonds. The fourth-order valence-corrected chi connectivity index (χ4v) is 1.49. The van der Waals surface area contributed by atoms with Crippen LogP contribution in [0.3, 0.4) is 0 Å². The molecule has 1 aromatic rings. The van der Waals surface area contributed by atoms with Gasteiger partial charge in [0.2, 0.25) is 0 Å². The Balaban J connectivity index is 0. The third-order valence-electron chi connectivity index (χ3n) is 2.68. The second-order valence-electron chi connectivity index (χ2n) is 4.57. The molecule has 0 bridgehead atoms. The fourth-order valence-electron chi connectivity index (χ4n) is 1.49. The van der Waals surface area contributed by atoms with Crippen LogP contribution in [-0.2, 0) is 0 Å². The van der Waals surface area contributed by atoms with Crippen LogP contribution in [0.2, 0.25) is 0 Å². The Kier molecular flexibility index (Phi) is 17.6. The van der Waals surface area contributed by atoms with Crippen molar-refractivity contribution in [2.24, 2.45) is 0 Å². The predicted molar refractivity (Wildman–Crippen MR) is 86.3 cm³/mol. The van der Waals surface area contributed by atoms with E-state index in [1.807, 2.05) is 13.8 Å². The molecule has 0 saturated carbocycles. The first-order chi connectivity index (χ1) is 8.70. The molecule has 0 nitrogen and oxygen atoms in total. The first-order valence-corrected chi connectivity index (χ1v) is 7.74. The molecule has 0 spiro atoms. The van der Waals surface area contributed by atoms with Crippen molar-refractivity contribution >= 4 is 0 Å². The van der Waals surface area contributed by atoms with Gasteiger partial charge in [-0.15, -0.1) is 0 Å². The molecule has 0 heteroatoms. The highest BCUT2D eigenvalue weighted by molar-refractivity contribution is 5.19. The van der Waals surface area contributed by atoms with E-state index in [-0.39, 0.29) is 0 Å². The molecule has 0 N–H and O–H groups in total. The smallest absolute Gasteiger partial charge is 0.0398 e. The number of aryl methyl sites for hydroxylation is 2. The summed E-state index contributed by atoms with van der Waals surface area (Å²) in [6, 6.07) is 8.48. The Bertz CT molecular complexity index is 206. The molecule has 0 aromatic heterocycles. The van der Waals surface area contributed by atoms with Crippen LogP contribution in [-0.4, -0.2) is 0 Å². The first-order valence-electron chi connectivity index (χ1n) is 7.74. The SMILES string of the molecule is CC.CCCCCCCC.Cc1ccc(C)cc1. The van der Waals surface area contributed by atoms with Gasteiger partial charge in [0.05, 0.1) is 0 Å². The predicted octanol–water partition coefficient (Wildman–Crippen LogP) is 6.70. The van der Waals surface area contributed by atoms with Gasteiger partial charge in [0.1, 0.15) is 0 Å². The Morgan fingerprint density at radius 3 is 1.11 bits per heavy atom. The maximum absolute atomic E-state index is 2.26. The van der Waals surface area contributed by atoms with Crippen molar-refractivity contribution in [3.63, 3.8) is 0 Å². The van der Waals surface area contributed by atoms with Crippen molar-refractivity contribution in [3.05, 3.63) is 35.4 Å². The minimum atomic E-state index is 1.33. The van der Waals surface area contributed by atoms with Gasteiger partial charge in [-0.1, -0.05) is 102 Å². The number of unbranched alkanes of at least 4 members (excludes halogenated alkanes) is 5. The van der Waals surface area contributed by atoms with Crippen molar-refractivity contribution in [1.82, 2.24) is 0 Å². The standard InChI is InChI=1S/C8H10.C8H18.C2H6/c1-7-3-5-8(2)6-4-7;1-3-5-7-8-6-4-2;1-2/h3-6H,1-2H3;3-8H2,1-2H3;1-2H3. The second-order valence-corrected chi connectivity index (χ2v) is 4.57. The van der Waals surface area contributed by atoms with Gasteiger partial charge in [0.25, 0.3) is 0 Å². The molecule has 0 unspecified atom stereocenters. The van der Waals surface area contributed by atoms with Gasteiger partial charge in [-0.05, 0) is 13.8 Å². The van der Waals surface area contributed by atoms with Crippen molar-refractivity contribution in [3.8, 4) is 0 Å². The fraction of sp³-hybridized carbons (Fsp3) is 0.667. The molecule has 0 heterocycles. The lowest BCUT2D eigenvalue weighted by Crippen LogP contribution is -1.73. The summed E-state index contributed by atoms with van der Waals surface area (Å²) in [6.07, 6.45) is 8.49. The first kappa shape index (κ1) is 19.6. The van der Waals surface area contributed by atoms with E-state index in [2.05, 4.69) is 52.0 Å². The number of hydrogen-bond acceptors (Lipinski definition) is 0. The van der Waals surface area contributed by atoms with E-state index in [1.165, 1.54) is 49.7 Å². The summed E-state index contributed by atoms with van der Waals surface area (Å²) in [4.78, 5) is 0. The van der Waals surface area contributed by atoms with Crippen molar-refractivity contribution in [2.45, 2.75) is 80.1 Å². The second kappa shape index (κ2) is 16.2. The van der Waals surface area contributed by atoms with E-state index >= 15 is 0 Å². The van der Waals surface area contributed by atoms with E-state index < -0.39 is 0 Å². The summed E-state index contributed by atoms with van der Waals surface area (Å²) in [6.45, 7) is 12.7. The molecule has 0 aliphatic carbocycles. The van der Waals surface area contributed by atoms with Crippen LogP contribution in [0.4, 0.5) is 0 Å². The summed E-state index contributed by atoms with van der Waals surface area (Å²) in [5, 5.41) is 0. The maximum Gasteiger partial charge on any atom is -0.0398 e. The summed E-state index contributed by atoms with van der Waals surface area (Å²) in [7, 11) is 0. The van der Waals surface area contributed by atoms with Crippen LogP contribution in [0.5, 0.6) is 0 Å². The summed E-state index contributed by atoms with van der Waals surface area (Å²) >= 11 is 0. The lowest BCUT2D eigenvalue weighted by atomic mass is 10.1. The summed E-state index contributed by atoms with van der Waals surface area (Å²) < 4.78 is 0.